The van der Waals surface area contributed by atoms with Gasteiger partial charge in [0, 0.05) is 31.2 Å². The molecule has 21 heavy (non-hydrogen) atoms. The van der Waals surface area contributed by atoms with Crippen LogP contribution in [0.5, 0.6) is 0 Å². The number of nitrogens with zero attached hydrogens (tertiary/aromatic N) is 2. The molecule has 0 spiro atoms. The molecule has 1 saturated carbocycles. The van der Waals surface area contributed by atoms with Crippen molar-refractivity contribution in [2.75, 3.05) is 19.6 Å². The standard InChI is InChI=1S/C17H30N4/c1-2-15-13-21(12-11-19-16-5-3-4-6-16)17(20-15)14-7-9-18-10-8-14/h13-14,16,18-19H,2-12H2,1H3. The predicted octanol–water partition coefficient (Wildman–Crippen LogP) is 2.44. The van der Waals surface area contributed by atoms with E-state index in [4.69, 9.17) is 4.98 Å². The van der Waals surface area contributed by atoms with E-state index in [1.807, 2.05) is 0 Å². The minimum absolute atomic E-state index is 0.651. The average molecular weight is 290 g/mol. The lowest BCUT2D eigenvalue weighted by atomic mass is 9.97. The van der Waals surface area contributed by atoms with Gasteiger partial charge in [-0.1, -0.05) is 19.8 Å². The Bertz CT molecular complexity index is 428. The van der Waals surface area contributed by atoms with E-state index in [2.05, 4.69) is 28.3 Å². The van der Waals surface area contributed by atoms with Gasteiger partial charge in [-0.15, -0.1) is 0 Å². The Morgan fingerprint density at radius 3 is 2.71 bits per heavy atom. The van der Waals surface area contributed by atoms with Crippen LogP contribution in [0.1, 0.15) is 62.9 Å². The van der Waals surface area contributed by atoms with Gasteiger partial charge in [0.1, 0.15) is 5.82 Å². The fourth-order valence-corrected chi connectivity index (χ4v) is 3.76. The number of aryl methyl sites for hydroxylation is 1. The molecule has 2 fully saturated rings. The summed E-state index contributed by atoms with van der Waals surface area (Å²) in [5.41, 5.74) is 1.25. The zero-order valence-electron chi connectivity index (χ0n) is 13.4. The molecule has 4 nitrogen and oxygen atoms in total. The van der Waals surface area contributed by atoms with Crippen LogP contribution in [0.4, 0.5) is 0 Å². The Morgan fingerprint density at radius 2 is 2.00 bits per heavy atom. The number of hydrogen-bond donors (Lipinski definition) is 2. The highest BCUT2D eigenvalue weighted by Crippen LogP contribution is 2.25. The van der Waals surface area contributed by atoms with Crippen molar-refractivity contribution in [3.05, 3.63) is 17.7 Å². The van der Waals surface area contributed by atoms with E-state index in [1.54, 1.807) is 0 Å². The fraction of sp³-hybridized carbons (Fsp3) is 0.824. The Kier molecular flexibility index (Phi) is 5.31. The summed E-state index contributed by atoms with van der Waals surface area (Å²) in [6, 6.07) is 0.765. The Morgan fingerprint density at radius 1 is 1.24 bits per heavy atom. The molecular weight excluding hydrogens is 260 g/mol. The lowest BCUT2D eigenvalue weighted by Gasteiger charge is -2.23. The summed E-state index contributed by atoms with van der Waals surface area (Å²) in [5, 5.41) is 7.18. The van der Waals surface area contributed by atoms with Gasteiger partial charge in [0.25, 0.3) is 0 Å². The molecule has 0 atom stereocenters. The van der Waals surface area contributed by atoms with Gasteiger partial charge in [-0.05, 0) is 45.2 Å². The van der Waals surface area contributed by atoms with E-state index in [9.17, 15) is 0 Å². The summed E-state index contributed by atoms with van der Waals surface area (Å²) in [5.74, 6) is 1.99. The number of imidazole rings is 1. The van der Waals surface area contributed by atoms with Crippen LogP contribution in [0, 0.1) is 0 Å². The Labute approximate surface area is 128 Å². The topological polar surface area (TPSA) is 41.9 Å². The highest BCUT2D eigenvalue weighted by molar-refractivity contribution is 5.09. The lowest BCUT2D eigenvalue weighted by Crippen LogP contribution is -2.31. The maximum atomic E-state index is 4.91. The van der Waals surface area contributed by atoms with Crippen LogP contribution in [0.15, 0.2) is 6.20 Å². The number of piperidine rings is 1. The summed E-state index contributed by atoms with van der Waals surface area (Å²) in [4.78, 5) is 4.91. The number of hydrogen-bond acceptors (Lipinski definition) is 3. The molecule has 0 aromatic carbocycles. The molecule has 2 aliphatic rings. The summed E-state index contributed by atoms with van der Waals surface area (Å²) in [6.07, 6.45) is 11.3. The molecular formula is C17H30N4. The van der Waals surface area contributed by atoms with E-state index < -0.39 is 0 Å². The average Bonchev–Trinajstić information content (AvgIpc) is 3.18. The first-order valence-electron chi connectivity index (χ1n) is 8.87. The van der Waals surface area contributed by atoms with Gasteiger partial charge in [0.2, 0.25) is 0 Å². The second-order valence-electron chi connectivity index (χ2n) is 6.60. The van der Waals surface area contributed by atoms with E-state index in [1.165, 1.54) is 50.0 Å². The third-order valence-electron chi connectivity index (χ3n) is 5.06. The molecule has 2 N–H and O–H groups in total. The second-order valence-corrected chi connectivity index (χ2v) is 6.60. The molecule has 3 rings (SSSR count). The van der Waals surface area contributed by atoms with E-state index in [-0.39, 0.29) is 0 Å². The molecule has 2 heterocycles. The molecule has 0 bridgehead atoms. The highest BCUT2D eigenvalue weighted by Gasteiger charge is 2.21. The monoisotopic (exact) mass is 290 g/mol. The lowest BCUT2D eigenvalue weighted by molar-refractivity contribution is 0.422. The van der Waals surface area contributed by atoms with Gasteiger partial charge in [0.05, 0.1) is 5.69 Å². The Balaban J connectivity index is 1.60. The van der Waals surface area contributed by atoms with Crippen LogP contribution < -0.4 is 10.6 Å². The van der Waals surface area contributed by atoms with Gasteiger partial charge < -0.3 is 15.2 Å². The third kappa shape index (κ3) is 3.86. The largest absolute Gasteiger partial charge is 0.333 e. The van der Waals surface area contributed by atoms with E-state index >= 15 is 0 Å². The summed E-state index contributed by atoms with van der Waals surface area (Å²) >= 11 is 0. The van der Waals surface area contributed by atoms with Crippen LogP contribution >= 0.6 is 0 Å². The van der Waals surface area contributed by atoms with E-state index in [0.29, 0.717) is 5.92 Å². The molecule has 0 radical (unpaired) electrons. The number of aromatic nitrogens is 2. The molecule has 118 valence electrons. The van der Waals surface area contributed by atoms with Crippen molar-refractivity contribution in [3.63, 3.8) is 0 Å². The quantitative estimate of drug-likeness (QED) is 0.845. The number of rotatable bonds is 6. The zero-order chi connectivity index (χ0) is 14.5. The molecule has 4 heteroatoms. The summed E-state index contributed by atoms with van der Waals surface area (Å²) in [7, 11) is 0. The van der Waals surface area contributed by atoms with Crippen LogP contribution in [0.25, 0.3) is 0 Å². The predicted molar refractivity (Wildman–Crippen MR) is 86.7 cm³/mol. The van der Waals surface area contributed by atoms with Crippen LogP contribution in [-0.4, -0.2) is 35.2 Å². The SMILES string of the molecule is CCc1cn(CCNC2CCCC2)c(C2CCNCC2)n1. The highest BCUT2D eigenvalue weighted by atomic mass is 15.1. The van der Waals surface area contributed by atoms with Crippen molar-refractivity contribution in [1.29, 1.82) is 0 Å². The minimum Gasteiger partial charge on any atom is -0.333 e. The van der Waals surface area contributed by atoms with Crippen molar-refractivity contribution in [3.8, 4) is 0 Å². The van der Waals surface area contributed by atoms with Gasteiger partial charge in [0.15, 0.2) is 0 Å². The smallest absolute Gasteiger partial charge is 0.112 e. The summed E-state index contributed by atoms with van der Waals surface area (Å²) < 4.78 is 2.43. The third-order valence-corrected chi connectivity index (χ3v) is 5.06. The molecule has 0 unspecified atom stereocenters. The van der Waals surface area contributed by atoms with Gasteiger partial charge >= 0.3 is 0 Å². The second kappa shape index (κ2) is 7.41. The molecule has 1 aliphatic carbocycles. The zero-order valence-corrected chi connectivity index (χ0v) is 13.4. The molecule has 1 aromatic rings. The van der Waals surface area contributed by atoms with Crippen LogP contribution in [0.2, 0.25) is 0 Å². The summed E-state index contributed by atoms with van der Waals surface area (Å²) in [6.45, 7) is 6.64. The van der Waals surface area contributed by atoms with Crippen LogP contribution in [0.3, 0.4) is 0 Å². The fourth-order valence-electron chi connectivity index (χ4n) is 3.76. The van der Waals surface area contributed by atoms with Crippen LogP contribution in [-0.2, 0) is 13.0 Å². The van der Waals surface area contributed by atoms with Crippen molar-refractivity contribution < 1.29 is 0 Å². The van der Waals surface area contributed by atoms with Gasteiger partial charge in [-0.3, -0.25) is 0 Å². The first-order valence-corrected chi connectivity index (χ1v) is 8.87. The van der Waals surface area contributed by atoms with Gasteiger partial charge in [-0.25, -0.2) is 4.98 Å². The normalized spacial score (nSPS) is 21.2. The van der Waals surface area contributed by atoms with E-state index in [0.717, 1.165) is 38.6 Å². The molecule has 0 amide bonds. The first kappa shape index (κ1) is 15.0. The van der Waals surface area contributed by atoms with Crippen molar-refractivity contribution in [1.82, 2.24) is 20.2 Å². The molecule has 1 aliphatic heterocycles. The van der Waals surface area contributed by atoms with Crippen molar-refractivity contribution >= 4 is 0 Å². The van der Waals surface area contributed by atoms with Crippen molar-refractivity contribution in [2.45, 2.75) is 70.4 Å². The maximum absolute atomic E-state index is 4.91. The first-order chi connectivity index (χ1) is 10.4. The molecule has 1 saturated heterocycles. The maximum Gasteiger partial charge on any atom is 0.112 e. The van der Waals surface area contributed by atoms with Gasteiger partial charge in [-0.2, -0.15) is 0 Å². The minimum atomic E-state index is 0.651. The number of nitrogens with one attached hydrogen (secondary N) is 2. The van der Waals surface area contributed by atoms with Crippen molar-refractivity contribution in [2.24, 2.45) is 0 Å². The molecule has 1 aromatic heterocycles. The Hall–Kier alpha value is -0.870.